The molecule has 0 aliphatic carbocycles. The van der Waals surface area contributed by atoms with Gasteiger partial charge in [0, 0.05) is 51.9 Å². The van der Waals surface area contributed by atoms with Gasteiger partial charge in [0.2, 0.25) is 5.91 Å². The number of carbonyl (C=O) groups excluding carboxylic acids is 2. The van der Waals surface area contributed by atoms with Gasteiger partial charge < -0.3 is 20.8 Å². The number of H-pyrrole nitrogens is 1. The highest BCUT2D eigenvalue weighted by atomic mass is 35.5. The highest BCUT2D eigenvalue weighted by Crippen LogP contribution is 2.35. The van der Waals surface area contributed by atoms with Crippen LogP contribution in [0.3, 0.4) is 0 Å². The lowest BCUT2D eigenvalue weighted by Crippen LogP contribution is -2.14. The van der Waals surface area contributed by atoms with Crippen molar-refractivity contribution in [2.45, 2.75) is 31.6 Å². The number of amides is 2. The van der Waals surface area contributed by atoms with Gasteiger partial charge >= 0.3 is 6.09 Å². The third-order valence-electron chi connectivity index (χ3n) is 6.55. The zero-order valence-corrected chi connectivity index (χ0v) is 21.5. The number of methoxy groups -OCH3 is 1. The number of carbonyl (C=O) groups is 2. The Morgan fingerprint density at radius 2 is 2.00 bits per heavy atom. The zero-order valence-electron chi connectivity index (χ0n) is 20.8. The summed E-state index contributed by atoms with van der Waals surface area (Å²) in [6, 6.07) is 14.6. The van der Waals surface area contributed by atoms with E-state index in [1.54, 1.807) is 30.5 Å². The van der Waals surface area contributed by atoms with Gasteiger partial charge in [-0.15, -0.1) is 0 Å². The van der Waals surface area contributed by atoms with Crippen LogP contribution in [0.2, 0.25) is 5.02 Å². The van der Waals surface area contributed by atoms with E-state index in [1.165, 1.54) is 7.11 Å². The Balaban J connectivity index is 1.49. The van der Waals surface area contributed by atoms with Gasteiger partial charge in [0.1, 0.15) is 5.82 Å². The summed E-state index contributed by atoms with van der Waals surface area (Å²) < 4.78 is 4.68. The number of fused-ring (bicyclic) bond motifs is 4. The molecule has 5 rings (SSSR count). The van der Waals surface area contributed by atoms with Crippen molar-refractivity contribution in [3.8, 4) is 22.4 Å². The fourth-order valence-electron chi connectivity index (χ4n) is 4.59. The molecule has 0 radical (unpaired) electrons. The summed E-state index contributed by atoms with van der Waals surface area (Å²) in [7, 11) is 1.29. The standard InChI is InChI=1S/C28H27ClN6O3/c1-38-28(37)33-18-8-9-19-24(13-18)34-26(36)5-3-2-4-20(27-32-15-25(19)35-27)23-11-6-16(14-31-23)21-12-17(29)7-10-22(21)30/h6-15,20H,2-5,30H2,1H3,(H,32,35)(H,33,37)(H,34,36). The molecule has 2 aromatic heterocycles. The second-order valence-electron chi connectivity index (χ2n) is 9.10. The molecule has 0 saturated carbocycles. The lowest BCUT2D eigenvalue weighted by Gasteiger charge is -2.17. The topological polar surface area (TPSA) is 135 Å². The molecule has 38 heavy (non-hydrogen) atoms. The van der Waals surface area contributed by atoms with Crippen molar-refractivity contribution >= 4 is 40.7 Å². The van der Waals surface area contributed by atoms with Gasteiger partial charge in [-0.1, -0.05) is 24.1 Å². The van der Waals surface area contributed by atoms with E-state index in [0.717, 1.165) is 41.1 Å². The van der Waals surface area contributed by atoms with E-state index in [4.69, 9.17) is 27.3 Å². The molecule has 1 aliphatic heterocycles. The number of aromatic amines is 1. The number of hydrogen-bond acceptors (Lipinski definition) is 6. The molecule has 1 unspecified atom stereocenters. The van der Waals surface area contributed by atoms with Crippen LogP contribution in [0, 0.1) is 0 Å². The molecule has 0 fully saturated rings. The molecular formula is C28H27ClN6O3. The monoisotopic (exact) mass is 530 g/mol. The minimum atomic E-state index is -0.592. The lowest BCUT2D eigenvalue weighted by molar-refractivity contribution is -0.116. The molecule has 2 aromatic carbocycles. The number of halogens is 1. The number of anilines is 3. The van der Waals surface area contributed by atoms with E-state index in [9.17, 15) is 9.59 Å². The summed E-state index contributed by atoms with van der Waals surface area (Å²) in [6.45, 7) is 0. The predicted octanol–water partition coefficient (Wildman–Crippen LogP) is 6.20. The fraction of sp³-hybridized carbons (Fsp3) is 0.214. The van der Waals surface area contributed by atoms with Gasteiger partial charge in [0.25, 0.3) is 0 Å². The molecule has 0 spiro atoms. The minimum Gasteiger partial charge on any atom is -0.453 e. The van der Waals surface area contributed by atoms with Crippen LogP contribution in [0.15, 0.2) is 60.9 Å². The summed E-state index contributed by atoms with van der Waals surface area (Å²) in [5, 5.41) is 6.21. The van der Waals surface area contributed by atoms with Gasteiger partial charge in [0.05, 0.1) is 30.1 Å². The summed E-state index contributed by atoms with van der Waals surface area (Å²) in [5.41, 5.74) is 11.8. The molecule has 9 nitrogen and oxygen atoms in total. The van der Waals surface area contributed by atoms with Crippen LogP contribution in [0.5, 0.6) is 0 Å². The molecule has 194 valence electrons. The zero-order chi connectivity index (χ0) is 26.6. The predicted molar refractivity (Wildman–Crippen MR) is 148 cm³/mol. The molecular weight excluding hydrogens is 504 g/mol. The van der Waals surface area contributed by atoms with E-state index >= 15 is 0 Å². The summed E-state index contributed by atoms with van der Waals surface area (Å²) >= 11 is 6.18. The van der Waals surface area contributed by atoms with E-state index < -0.39 is 6.09 Å². The molecule has 0 saturated heterocycles. The molecule has 1 aliphatic rings. The van der Waals surface area contributed by atoms with E-state index in [2.05, 4.69) is 20.4 Å². The number of imidazole rings is 1. The number of hydrogen-bond donors (Lipinski definition) is 4. The van der Waals surface area contributed by atoms with Crippen molar-refractivity contribution < 1.29 is 14.3 Å². The average molecular weight is 531 g/mol. The number of benzene rings is 2. The highest BCUT2D eigenvalue weighted by molar-refractivity contribution is 6.31. The number of nitrogens with two attached hydrogens (primary N) is 1. The van der Waals surface area contributed by atoms with E-state index in [-0.39, 0.29) is 11.8 Å². The molecule has 2 bridgehead atoms. The Labute approximate surface area is 224 Å². The first-order valence-corrected chi connectivity index (χ1v) is 12.6. The van der Waals surface area contributed by atoms with Gasteiger partial charge in [-0.2, -0.15) is 0 Å². The van der Waals surface area contributed by atoms with E-state index in [1.807, 2.05) is 30.5 Å². The Kier molecular flexibility index (Phi) is 7.28. The van der Waals surface area contributed by atoms with Crippen molar-refractivity contribution in [2.75, 3.05) is 23.5 Å². The molecule has 1 atom stereocenters. The number of nitrogens with one attached hydrogen (secondary N) is 3. The summed E-state index contributed by atoms with van der Waals surface area (Å²) in [4.78, 5) is 37.4. The minimum absolute atomic E-state index is 0.0827. The molecule has 3 heterocycles. The maximum absolute atomic E-state index is 12.7. The van der Waals surface area contributed by atoms with Gasteiger partial charge in [-0.05, 0) is 55.3 Å². The van der Waals surface area contributed by atoms with Crippen LogP contribution in [0.4, 0.5) is 21.9 Å². The van der Waals surface area contributed by atoms with Crippen molar-refractivity contribution in [1.29, 1.82) is 0 Å². The quantitative estimate of drug-likeness (QED) is 0.233. The number of rotatable bonds is 3. The third kappa shape index (κ3) is 5.47. The number of nitrogens with zero attached hydrogens (tertiary/aromatic N) is 2. The van der Waals surface area contributed by atoms with E-state index in [0.29, 0.717) is 40.6 Å². The number of ether oxygens (including phenoxy) is 1. The maximum atomic E-state index is 12.7. The van der Waals surface area contributed by atoms with Crippen LogP contribution < -0.4 is 16.4 Å². The molecule has 10 heteroatoms. The third-order valence-corrected chi connectivity index (χ3v) is 6.78. The maximum Gasteiger partial charge on any atom is 0.411 e. The first-order chi connectivity index (χ1) is 18.4. The lowest BCUT2D eigenvalue weighted by atomic mass is 9.95. The van der Waals surface area contributed by atoms with Crippen molar-refractivity contribution in [3.63, 3.8) is 0 Å². The van der Waals surface area contributed by atoms with Crippen molar-refractivity contribution in [2.24, 2.45) is 0 Å². The largest absolute Gasteiger partial charge is 0.453 e. The normalized spacial score (nSPS) is 15.4. The molecule has 5 N–H and O–H groups in total. The smallest absolute Gasteiger partial charge is 0.411 e. The Morgan fingerprint density at radius 3 is 2.79 bits per heavy atom. The van der Waals surface area contributed by atoms with Crippen molar-refractivity contribution in [3.05, 3.63) is 77.5 Å². The second kappa shape index (κ2) is 10.9. The van der Waals surface area contributed by atoms with Crippen LogP contribution in [-0.4, -0.2) is 34.1 Å². The molecule has 2 amide bonds. The van der Waals surface area contributed by atoms with Crippen LogP contribution in [0.25, 0.3) is 22.4 Å². The summed E-state index contributed by atoms with van der Waals surface area (Å²) in [5.74, 6) is 0.605. The summed E-state index contributed by atoms with van der Waals surface area (Å²) in [6.07, 6.45) is 5.71. The Bertz CT molecular complexity index is 1480. The first-order valence-electron chi connectivity index (χ1n) is 12.3. The first kappa shape index (κ1) is 25.3. The average Bonchev–Trinajstić information content (AvgIpc) is 3.39. The molecule has 4 aromatic rings. The Hall–Kier alpha value is -4.37. The Morgan fingerprint density at radius 1 is 1.13 bits per heavy atom. The number of pyridine rings is 1. The van der Waals surface area contributed by atoms with Gasteiger partial charge in [-0.3, -0.25) is 15.1 Å². The number of aromatic nitrogens is 3. The fourth-order valence-corrected chi connectivity index (χ4v) is 4.76. The second-order valence-corrected chi connectivity index (χ2v) is 9.53. The van der Waals surface area contributed by atoms with Gasteiger partial charge in [-0.25, -0.2) is 9.78 Å². The van der Waals surface area contributed by atoms with Crippen LogP contribution in [0.1, 0.15) is 43.1 Å². The van der Waals surface area contributed by atoms with Crippen LogP contribution >= 0.6 is 11.6 Å². The number of nitrogen functional groups attached to an aromatic ring is 1. The highest BCUT2D eigenvalue weighted by Gasteiger charge is 2.22. The SMILES string of the molecule is COC(=O)Nc1ccc2c(c1)NC(=O)CCCCC(c1ccc(-c3cc(Cl)ccc3N)cn1)c1nc-2c[nH]1. The van der Waals surface area contributed by atoms with Crippen LogP contribution in [-0.2, 0) is 9.53 Å². The van der Waals surface area contributed by atoms with Gasteiger partial charge in [0.15, 0.2) is 0 Å². The van der Waals surface area contributed by atoms with Crippen molar-refractivity contribution in [1.82, 2.24) is 15.0 Å².